The number of hydrogen-bond donors (Lipinski definition) is 3. The van der Waals surface area contributed by atoms with Gasteiger partial charge in [0.2, 0.25) is 0 Å². The summed E-state index contributed by atoms with van der Waals surface area (Å²) in [5, 5.41) is 22.0. The first-order chi connectivity index (χ1) is 9.54. The Labute approximate surface area is 119 Å². The average molecular weight is 297 g/mol. The van der Waals surface area contributed by atoms with Crippen molar-refractivity contribution in [3.63, 3.8) is 0 Å². The molecule has 0 aliphatic rings. The van der Waals surface area contributed by atoms with E-state index in [-0.39, 0.29) is 11.4 Å². The van der Waals surface area contributed by atoms with Gasteiger partial charge in [0, 0.05) is 28.7 Å². The second kappa shape index (κ2) is 6.30. The first-order valence-corrected chi connectivity index (χ1v) is 7.18. The van der Waals surface area contributed by atoms with Crippen LogP contribution in [0, 0.1) is 5.82 Å². The molecule has 0 aliphatic carbocycles. The number of carbonyl (C=O) groups is 1. The summed E-state index contributed by atoms with van der Waals surface area (Å²) in [4.78, 5) is 11.4. The van der Waals surface area contributed by atoms with Crippen LogP contribution in [0.15, 0.2) is 18.2 Å². The molecule has 0 radical (unpaired) electrons. The minimum atomic E-state index is -1.06. The van der Waals surface area contributed by atoms with E-state index in [1.165, 1.54) is 6.07 Å². The Hall–Kier alpha value is -1.50. The zero-order valence-corrected chi connectivity index (χ0v) is 11.8. The van der Waals surface area contributed by atoms with Crippen LogP contribution in [0.5, 0.6) is 0 Å². The maximum Gasteiger partial charge on any atom is 0.346 e. The summed E-state index contributed by atoms with van der Waals surface area (Å²) in [6.45, 7) is 2.43. The molecule has 1 aromatic carbocycles. The van der Waals surface area contributed by atoms with E-state index >= 15 is 0 Å². The Morgan fingerprint density at radius 1 is 1.50 bits per heavy atom. The van der Waals surface area contributed by atoms with Crippen molar-refractivity contribution in [2.24, 2.45) is 0 Å². The van der Waals surface area contributed by atoms with Gasteiger partial charge in [-0.25, -0.2) is 9.18 Å². The van der Waals surface area contributed by atoms with Crippen LogP contribution in [0.3, 0.4) is 0 Å². The molecule has 1 aromatic heterocycles. The fraction of sp³-hybridized carbons (Fsp3) is 0.357. The molecule has 0 bridgehead atoms. The zero-order chi connectivity index (χ0) is 14.7. The highest BCUT2D eigenvalue weighted by atomic mass is 32.1. The third-order valence-corrected chi connectivity index (χ3v) is 4.30. The van der Waals surface area contributed by atoms with Crippen LogP contribution in [0.25, 0.3) is 10.1 Å². The number of hydrogen-bond acceptors (Lipinski definition) is 4. The molecule has 0 saturated heterocycles. The van der Waals surface area contributed by atoms with Gasteiger partial charge in [-0.3, -0.25) is 0 Å². The van der Waals surface area contributed by atoms with E-state index in [4.69, 9.17) is 0 Å². The van der Waals surface area contributed by atoms with E-state index < -0.39 is 17.9 Å². The largest absolute Gasteiger partial charge is 0.477 e. The number of benzene rings is 1. The minimum absolute atomic E-state index is 0.142. The van der Waals surface area contributed by atoms with Crippen molar-refractivity contribution in [2.75, 3.05) is 6.54 Å². The lowest BCUT2D eigenvalue weighted by molar-refractivity contribution is 0.0701. The normalized spacial score (nSPS) is 12.8. The van der Waals surface area contributed by atoms with Crippen molar-refractivity contribution >= 4 is 27.4 Å². The van der Waals surface area contributed by atoms with Crippen LogP contribution in [-0.2, 0) is 6.54 Å². The van der Waals surface area contributed by atoms with Crippen molar-refractivity contribution in [3.8, 4) is 0 Å². The Kier molecular flexibility index (Phi) is 4.69. The molecular weight excluding hydrogens is 281 g/mol. The lowest BCUT2D eigenvalue weighted by Gasteiger charge is -2.09. The maximum atomic E-state index is 13.9. The van der Waals surface area contributed by atoms with E-state index in [1.54, 1.807) is 12.1 Å². The number of halogens is 1. The van der Waals surface area contributed by atoms with E-state index in [0.29, 0.717) is 28.6 Å². The zero-order valence-electron chi connectivity index (χ0n) is 11.0. The van der Waals surface area contributed by atoms with Gasteiger partial charge in [0.25, 0.3) is 0 Å². The van der Waals surface area contributed by atoms with Crippen LogP contribution >= 0.6 is 11.3 Å². The average Bonchev–Trinajstić information content (AvgIpc) is 2.79. The van der Waals surface area contributed by atoms with Crippen LogP contribution in [0.2, 0.25) is 0 Å². The second-order valence-electron chi connectivity index (χ2n) is 4.52. The van der Waals surface area contributed by atoms with E-state index in [0.717, 1.165) is 11.3 Å². The second-order valence-corrected chi connectivity index (χ2v) is 5.57. The molecule has 6 heteroatoms. The molecule has 0 amide bonds. The van der Waals surface area contributed by atoms with Crippen LogP contribution < -0.4 is 5.32 Å². The smallest absolute Gasteiger partial charge is 0.346 e. The fourth-order valence-corrected chi connectivity index (χ4v) is 3.09. The summed E-state index contributed by atoms with van der Waals surface area (Å²) in [5.74, 6) is -1.47. The lowest BCUT2D eigenvalue weighted by atomic mass is 10.1. The van der Waals surface area contributed by atoms with Crippen molar-refractivity contribution in [1.29, 1.82) is 0 Å². The fourth-order valence-electron chi connectivity index (χ4n) is 2.02. The van der Waals surface area contributed by atoms with Crippen LogP contribution in [0.1, 0.15) is 28.6 Å². The molecule has 2 rings (SSSR count). The first-order valence-electron chi connectivity index (χ1n) is 6.36. The summed E-state index contributed by atoms with van der Waals surface area (Å²) in [6, 6.07) is 4.60. The molecule has 0 fully saturated rings. The van der Waals surface area contributed by atoms with Crippen LogP contribution in [0.4, 0.5) is 4.39 Å². The number of aliphatic hydroxyl groups excluding tert-OH is 1. The summed E-state index contributed by atoms with van der Waals surface area (Å²) in [6.07, 6.45) is 0.121. The van der Waals surface area contributed by atoms with Crippen molar-refractivity contribution in [1.82, 2.24) is 5.32 Å². The standard InChI is InChI=1S/C14H16FNO3S/c1-2-8(17)6-16-7-9-12-10(15)4-3-5-11(12)20-13(9)14(18)19/h3-5,8,16-17H,2,6-7H2,1H3,(H,18,19). The van der Waals surface area contributed by atoms with Gasteiger partial charge < -0.3 is 15.5 Å². The maximum absolute atomic E-state index is 13.9. The van der Waals surface area contributed by atoms with Gasteiger partial charge in [-0.2, -0.15) is 0 Å². The number of thiophene rings is 1. The van der Waals surface area contributed by atoms with Gasteiger partial charge in [0.15, 0.2) is 0 Å². The Morgan fingerprint density at radius 3 is 2.90 bits per heavy atom. The molecular formula is C14H16FNO3S. The number of nitrogens with one attached hydrogen (secondary N) is 1. The van der Waals surface area contributed by atoms with Crippen LogP contribution in [-0.4, -0.2) is 28.8 Å². The van der Waals surface area contributed by atoms with E-state index in [2.05, 4.69) is 5.32 Å². The molecule has 20 heavy (non-hydrogen) atoms. The van der Waals surface area contributed by atoms with Gasteiger partial charge >= 0.3 is 5.97 Å². The number of carboxylic acids is 1. The monoisotopic (exact) mass is 297 g/mol. The minimum Gasteiger partial charge on any atom is -0.477 e. The quantitative estimate of drug-likeness (QED) is 0.766. The summed E-state index contributed by atoms with van der Waals surface area (Å²) in [5.41, 5.74) is 0.443. The molecule has 4 nitrogen and oxygen atoms in total. The van der Waals surface area contributed by atoms with Crippen molar-refractivity contribution < 1.29 is 19.4 Å². The van der Waals surface area contributed by atoms with Gasteiger partial charge in [-0.15, -0.1) is 11.3 Å². The molecule has 1 heterocycles. The topological polar surface area (TPSA) is 69.6 Å². The predicted octanol–water partition coefficient (Wildman–Crippen LogP) is 2.60. The van der Waals surface area contributed by atoms with E-state index in [9.17, 15) is 19.4 Å². The first kappa shape index (κ1) is 14.9. The lowest BCUT2D eigenvalue weighted by Crippen LogP contribution is -2.26. The van der Waals surface area contributed by atoms with Gasteiger partial charge in [-0.05, 0) is 18.6 Å². The summed E-state index contributed by atoms with van der Waals surface area (Å²) >= 11 is 1.07. The Balaban J connectivity index is 2.34. The molecule has 108 valence electrons. The number of carboxylic acid groups (broad SMARTS) is 1. The van der Waals surface area contributed by atoms with Gasteiger partial charge in [-0.1, -0.05) is 13.0 Å². The van der Waals surface area contributed by atoms with Gasteiger partial charge in [0.05, 0.1) is 6.10 Å². The molecule has 1 unspecified atom stereocenters. The summed E-state index contributed by atoms with van der Waals surface area (Å²) in [7, 11) is 0. The van der Waals surface area contributed by atoms with Crippen molar-refractivity contribution in [2.45, 2.75) is 26.0 Å². The molecule has 3 N–H and O–H groups in total. The van der Waals surface area contributed by atoms with Gasteiger partial charge in [0.1, 0.15) is 10.7 Å². The number of fused-ring (bicyclic) bond motifs is 1. The Bertz CT molecular complexity index is 626. The van der Waals surface area contributed by atoms with Crippen molar-refractivity contribution in [3.05, 3.63) is 34.5 Å². The third kappa shape index (κ3) is 2.98. The summed E-state index contributed by atoms with van der Waals surface area (Å²) < 4.78 is 14.5. The molecule has 2 aromatic rings. The number of aromatic carboxylic acids is 1. The Morgan fingerprint density at radius 2 is 2.25 bits per heavy atom. The predicted molar refractivity (Wildman–Crippen MR) is 76.7 cm³/mol. The third-order valence-electron chi connectivity index (χ3n) is 3.11. The highest BCUT2D eigenvalue weighted by Gasteiger charge is 2.19. The number of rotatable bonds is 6. The van der Waals surface area contributed by atoms with E-state index in [1.807, 2.05) is 6.92 Å². The molecule has 0 aliphatic heterocycles. The SMILES string of the molecule is CCC(O)CNCc1c(C(=O)O)sc2cccc(F)c12. The molecule has 0 saturated carbocycles. The molecule has 0 spiro atoms. The molecule has 1 atom stereocenters. The highest BCUT2D eigenvalue weighted by molar-refractivity contribution is 7.21. The highest BCUT2D eigenvalue weighted by Crippen LogP contribution is 2.33. The number of aliphatic hydroxyl groups is 1.